The zero-order valence-corrected chi connectivity index (χ0v) is 6.00. The van der Waals surface area contributed by atoms with Crippen molar-refractivity contribution in [2.24, 2.45) is 17.7 Å². The van der Waals surface area contributed by atoms with Crippen molar-refractivity contribution in [3.8, 4) is 0 Å². The molecule has 0 aromatic heterocycles. The monoisotopic (exact) mass is 142 g/mol. The summed E-state index contributed by atoms with van der Waals surface area (Å²) < 4.78 is 0. The number of hydrogen-bond acceptors (Lipinski definition) is 3. The van der Waals surface area contributed by atoms with Crippen molar-refractivity contribution < 1.29 is 9.59 Å². The zero-order valence-electron chi connectivity index (χ0n) is 6.00. The molecule has 0 aromatic rings. The molecule has 1 aliphatic heterocycles. The van der Waals surface area contributed by atoms with Crippen LogP contribution in [0.1, 0.15) is 13.8 Å². The Morgan fingerprint density at radius 1 is 1.20 bits per heavy atom. The van der Waals surface area contributed by atoms with E-state index in [9.17, 15) is 9.59 Å². The normalized spacial score (nSPS) is 33.7. The van der Waals surface area contributed by atoms with Gasteiger partial charge in [0.05, 0.1) is 0 Å². The molecule has 0 saturated carbocycles. The highest BCUT2D eigenvalue weighted by molar-refractivity contribution is 6.03. The molecule has 1 fully saturated rings. The highest BCUT2D eigenvalue weighted by Crippen LogP contribution is 2.22. The SMILES string of the molecule is CC1C(=O)N(N)C(=O)C1C. The third-order valence-electron chi connectivity index (χ3n) is 2.00. The molecule has 0 aliphatic carbocycles. The predicted molar refractivity (Wildman–Crippen MR) is 34.4 cm³/mol. The van der Waals surface area contributed by atoms with Crippen LogP contribution in [0.4, 0.5) is 0 Å². The summed E-state index contributed by atoms with van der Waals surface area (Å²) in [6.07, 6.45) is 0. The van der Waals surface area contributed by atoms with Crippen LogP contribution in [0, 0.1) is 11.8 Å². The van der Waals surface area contributed by atoms with Crippen molar-refractivity contribution in [2.75, 3.05) is 0 Å². The Hall–Kier alpha value is -0.900. The number of hydrazine groups is 1. The molecule has 2 N–H and O–H groups in total. The van der Waals surface area contributed by atoms with Crippen molar-refractivity contribution in [2.45, 2.75) is 13.8 Å². The van der Waals surface area contributed by atoms with Crippen molar-refractivity contribution in [1.82, 2.24) is 5.01 Å². The first-order valence-corrected chi connectivity index (χ1v) is 3.18. The maximum atomic E-state index is 10.9. The lowest BCUT2D eigenvalue weighted by molar-refractivity contribution is -0.140. The van der Waals surface area contributed by atoms with Gasteiger partial charge < -0.3 is 0 Å². The van der Waals surface area contributed by atoms with Gasteiger partial charge in [0.25, 0.3) is 0 Å². The highest BCUT2D eigenvalue weighted by Gasteiger charge is 2.40. The van der Waals surface area contributed by atoms with Crippen LogP contribution in [0.3, 0.4) is 0 Å². The van der Waals surface area contributed by atoms with E-state index < -0.39 is 0 Å². The second-order valence-corrected chi connectivity index (χ2v) is 2.62. The summed E-state index contributed by atoms with van der Waals surface area (Å²) in [6, 6.07) is 0. The van der Waals surface area contributed by atoms with Gasteiger partial charge in [-0.15, -0.1) is 0 Å². The molecule has 4 heteroatoms. The Bertz CT molecular complexity index is 170. The number of nitrogens with two attached hydrogens (primary N) is 1. The van der Waals surface area contributed by atoms with Crippen molar-refractivity contribution in [3.05, 3.63) is 0 Å². The van der Waals surface area contributed by atoms with Crippen LogP contribution in [-0.4, -0.2) is 16.8 Å². The summed E-state index contributed by atoms with van der Waals surface area (Å²) in [5.41, 5.74) is 0. The van der Waals surface area contributed by atoms with E-state index in [1.54, 1.807) is 13.8 Å². The first-order chi connectivity index (χ1) is 4.55. The minimum absolute atomic E-state index is 0.252. The molecule has 56 valence electrons. The number of amides is 2. The molecule has 0 bridgehead atoms. The summed E-state index contributed by atoms with van der Waals surface area (Å²) in [7, 11) is 0. The summed E-state index contributed by atoms with van der Waals surface area (Å²) >= 11 is 0. The molecule has 0 radical (unpaired) electrons. The van der Waals surface area contributed by atoms with E-state index in [2.05, 4.69) is 0 Å². The minimum Gasteiger partial charge on any atom is -0.273 e. The Morgan fingerprint density at radius 3 is 1.60 bits per heavy atom. The van der Waals surface area contributed by atoms with Crippen molar-refractivity contribution in [3.63, 3.8) is 0 Å². The number of hydrogen-bond donors (Lipinski definition) is 1. The van der Waals surface area contributed by atoms with Crippen molar-refractivity contribution >= 4 is 11.8 Å². The highest BCUT2D eigenvalue weighted by atomic mass is 16.2. The van der Waals surface area contributed by atoms with Crippen LogP contribution in [-0.2, 0) is 9.59 Å². The van der Waals surface area contributed by atoms with E-state index >= 15 is 0 Å². The van der Waals surface area contributed by atoms with E-state index in [0.717, 1.165) is 0 Å². The Balaban J connectivity index is 2.89. The van der Waals surface area contributed by atoms with Gasteiger partial charge in [-0.3, -0.25) is 9.59 Å². The Labute approximate surface area is 59.0 Å². The van der Waals surface area contributed by atoms with Crippen LogP contribution in [0.25, 0.3) is 0 Å². The molecular formula is C6H10N2O2. The van der Waals surface area contributed by atoms with E-state index in [4.69, 9.17) is 5.84 Å². The van der Waals surface area contributed by atoms with Gasteiger partial charge in [0, 0.05) is 11.8 Å². The quantitative estimate of drug-likeness (QED) is 0.282. The summed E-state index contributed by atoms with van der Waals surface area (Å²) in [5, 5.41) is 0.704. The fourth-order valence-corrected chi connectivity index (χ4v) is 0.975. The van der Waals surface area contributed by atoms with Gasteiger partial charge in [0.15, 0.2) is 0 Å². The minimum atomic E-state index is -0.280. The van der Waals surface area contributed by atoms with Gasteiger partial charge in [-0.25, -0.2) is 10.9 Å². The lowest BCUT2D eigenvalue weighted by Gasteiger charge is -2.02. The average Bonchev–Trinajstić information content (AvgIpc) is 2.07. The fourth-order valence-electron chi connectivity index (χ4n) is 0.975. The molecule has 2 unspecified atom stereocenters. The predicted octanol–water partition coefficient (Wildman–Crippen LogP) is -0.499. The van der Waals surface area contributed by atoms with E-state index in [-0.39, 0.29) is 23.7 Å². The van der Waals surface area contributed by atoms with Gasteiger partial charge in [-0.05, 0) is 0 Å². The molecule has 2 amide bonds. The molecule has 10 heavy (non-hydrogen) atoms. The first-order valence-electron chi connectivity index (χ1n) is 3.18. The third-order valence-corrected chi connectivity index (χ3v) is 2.00. The summed E-state index contributed by atoms with van der Waals surface area (Å²) in [4.78, 5) is 21.8. The number of carbonyl (C=O) groups is 2. The van der Waals surface area contributed by atoms with Crippen LogP contribution >= 0.6 is 0 Å². The van der Waals surface area contributed by atoms with Crippen LogP contribution in [0.15, 0.2) is 0 Å². The summed E-state index contributed by atoms with van der Waals surface area (Å²) in [5.74, 6) is 4.07. The van der Waals surface area contributed by atoms with E-state index in [0.29, 0.717) is 5.01 Å². The van der Waals surface area contributed by atoms with Gasteiger partial charge >= 0.3 is 0 Å². The smallest absolute Gasteiger partial charge is 0.247 e. The maximum absolute atomic E-state index is 10.9. The molecule has 1 saturated heterocycles. The topological polar surface area (TPSA) is 63.4 Å². The summed E-state index contributed by atoms with van der Waals surface area (Å²) in [6.45, 7) is 3.41. The van der Waals surface area contributed by atoms with Gasteiger partial charge in [-0.1, -0.05) is 13.8 Å². The number of rotatable bonds is 0. The number of nitrogens with zero attached hydrogens (tertiary/aromatic N) is 1. The van der Waals surface area contributed by atoms with Gasteiger partial charge in [0.2, 0.25) is 11.8 Å². The van der Waals surface area contributed by atoms with Crippen molar-refractivity contribution in [1.29, 1.82) is 0 Å². The second kappa shape index (κ2) is 2.05. The van der Waals surface area contributed by atoms with Gasteiger partial charge in [-0.2, -0.15) is 0 Å². The van der Waals surface area contributed by atoms with Crippen LogP contribution in [0.5, 0.6) is 0 Å². The molecule has 1 heterocycles. The van der Waals surface area contributed by atoms with Gasteiger partial charge in [0.1, 0.15) is 0 Å². The van der Waals surface area contributed by atoms with Crippen LogP contribution < -0.4 is 5.84 Å². The Kier molecular flexibility index (Phi) is 1.48. The zero-order chi connectivity index (χ0) is 7.89. The first kappa shape index (κ1) is 7.21. The molecule has 0 aromatic carbocycles. The molecule has 2 atom stereocenters. The van der Waals surface area contributed by atoms with E-state index in [1.807, 2.05) is 0 Å². The Morgan fingerprint density at radius 2 is 1.50 bits per heavy atom. The molecule has 1 rings (SSSR count). The lowest BCUT2D eigenvalue weighted by Crippen LogP contribution is -2.37. The average molecular weight is 142 g/mol. The second-order valence-electron chi connectivity index (χ2n) is 2.62. The molecular weight excluding hydrogens is 132 g/mol. The fraction of sp³-hybridized carbons (Fsp3) is 0.667. The molecule has 1 aliphatic rings. The lowest BCUT2D eigenvalue weighted by atomic mass is 10.00. The molecule has 4 nitrogen and oxygen atoms in total. The third kappa shape index (κ3) is 0.724. The van der Waals surface area contributed by atoms with Crippen LogP contribution in [0.2, 0.25) is 0 Å². The maximum Gasteiger partial charge on any atom is 0.247 e. The molecule has 0 spiro atoms. The van der Waals surface area contributed by atoms with E-state index in [1.165, 1.54) is 0 Å². The largest absolute Gasteiger partial charge is 0.273 e. The number of carbonyl (C=O) groups excluding carboxylic acids is 2. The number of imide groups is 1. The standard InChI is InChI=1S/C6H10N2O2/c1-3-4(2)6(10)8(7)5(3)9/h3-4H,7H2,1-2H3.